The van der Waals surface area contributed by atoms with Crippen molar-refractivity contribution in [2.45, 2.75) is 6.42 Å². The minimum atomic E-state index is -0.152. The normalized spacial score (nSPS) is 8.31. The van der Waals surface area contributed by atoms with Gasteiger partial charge in [0.2, 0.25) is 0 Å². The summed E-state index contributed by atoms with van der Waals surface area (Å²) < 4.78 is 0. The van der Waals surface area contributed by atoms with Crippen molar-refractivity contribution in [3.8, 4) is 17.9 Å². The summed E-state index contributed by atoms with van der Waals surface area (Å²) in [7, 11) is 0. The van der Waals surface area contributed by atoms with Gasteiger partial charge in [0, 0.05) is 5.56 Å². The second-order valence-electron chi connectivity index (χ2n) is 2.45. The summed E-state index contributed by atoms with van der Waals surface area (Å²) in [5.41, 5.74) is 1.73. The fraction of sp³-hybridized carbons (Fsp3) is 0.182. The summed E-state index contributed by atoms with van der Waals surface area (Å²) in [4.78, 5) is 0. The highest BCUT2D eigenvalue weighted by atomic mass is 16.2. The number of aliphatic hydroxyl groups is 1. The maximum atomic E-state index is 8.52. The van der Waals surface area contributed by atoms with Crippen molar-refractivity contribution in [2.24, 2.45) is 0 Å². The van der Waals surface area contributed by atoms with Gasteiger partial charge in [0.05, 0.1) is 12.5 Å². The Morgan fingerprint density at radius 2 is 2.08 bits per heavy atom. The average Bonchev–Trinajstić information content (AvgIpc) is 2.17. The lowest BCUT2D eigenvalue weighted by atomic mass is 10.1. The molecule has 2 heteroatoms. The number of rotatable bonds is 1. The van der Waals surface area contributed by atoms with Crippen molar-refractivity contribution in [1.82, 2.24) is 0 Å². The van der Waals surface area contributed by atoms with Crippen LogP contribution in [0, 0.1) is 23.2 Å². The highest BCUT2D eigenvalue weighted by Crippen LogP contribution is 2.07. The highest BCUT2D eigenvalue weighted by molar-refractivity contribution is 5.42. The van der Waals surface area contributed by atoms with Crippen LogP contribution in [0.4, 0.5) is 0 Å². The number of benzene rings is 1. The molecule has 0 aliphatic carbocycles. The Hall–Kier alpha value is -1.77. The van der Waals surface area contributed by atoms with Crippen molar-refractivity contribution in [2.75, 3.05) is 6.61 Å². The van der Waals surface area contributed by atoms with E-state index in [0.717, 1.165) is 11.1 Å². The summed E-state index contributed by atoms with van der Waals surface area (Å²) in [6, 6.07) is 9.51. The van der Waals surface area contributed by atoms with E-state index in [0.29, 0.717) is 6.42 Å². The first-order valence-electron chi connectivity index (χ1n) is 3.93. The van der Waals surface area contributed by atoms with Gasteiger partial charge in [-0.15, -0.1) is 0 Å². The number of hydrogen-bond acceptors (Lipinski definition) is 2. The Morgan fingerprint density at radius 1 is 1.31 bits per heavy atom. The van der Waals surface area contributed by atoms with Crippen LogP contribution in [0.1, 0.15) is 11.1 Å². The van der Waals surface area contributed by atoms with Gasteiger partial charge in [-0.2, -0.15) is 5.26 Å². The van der Waals surface area contributed by atoms with Gasteiger partial charge in [0.1, 0.15) is 6.61 Å². The Morgan fingerprint density at radius 3 is 2.77 bits per heavy atom. The SMILES string of the molecule is N#CCc1ccccc1C#CCO. The molecule has 0 fully saturated rings. The summed E-state index contributed by atoms with van der Waals surface area (Å²) in [5, 5.41) is 17.0. The number of aliphatic hydroxyl groups excluding tert-OH is 1. The Balaban J connectivity index is 2.99. The maximum absolute atomic E-state index is 8.52. The van der Waals surface area contributed by atoms with Crippen molar-refractivity contribution in [3.05, 3.63) is 35.4 Å². The van der Waals surface area contributed by atoms with Crippen LogP contribution < -0.4 is 0 Å². The van der Waals surface area contributed by atoms with Crippen LogP contribution in [0.3, 0.4) is 0 Å². The molecule has 0 heterocycles. The van der Waals surface area contributed by atoms with Crippen LogP contribution in [0.2, 0.25) is 0 Å². The van der Waals surface area contributed by atoms with Gasteiger partial charge in [-0.05, 0) is 11.6 Å². The smallest absolute Gasteiger partial charge is 0.104 e. The van der Waals surface area contributed by atoms with E-state index in [-0.39, 0.29) is 6.61 Å². The van der Waals surface area contributed by atoms with Gasteiger partial charge in [0.25, 0.3) is 0 Å². The quantitative estimate of drug-likeness (QED) is 0.643. The molecule has 1 N–H and O–H groups in total. The molecule has 0 aliphatic rings. The molecule has 1 aromatic rings. The molecule has 2 nitrogen and oxygen atoms in total. The molecule has 1 rings (SSSR count). The molecular weight excluding hydrogens is 162 g/mol. The minimum Gasteiger partial charge on any atom is -0.384 e. The van der Waals surface area contributed by atoms with E-state index in [9.17, 15) is 0 Å². The van der Waals surface area contributed by atoms with Gasteiger partial charge >= 0.3 is 0 Å². The van der Waals surface area contributed by atoms with Crippen molar-refractivity contribution < 1.29 is 5.11 Å². The predicted molar refractivity (Wildman–Crippen MR) is 49.7 cm³/mol. The summed E-state index contributed by atoms with van der Waals surface area (Å²) in [6.45, 7) is -0.152. The second-order valence-corrected chi connectivity index (χ2v) is 2.45. The van der Waals surface area contributed by atoms with Crippen LogP contribution in [0.5, 0.6) is 0 Å². The van der Waals surface area contributed by atoms with E-state index in [1.54, 1.807) is 0 Å². The predicted octanol–water partition coefficient (Wildman–Crippen LogP) is 1.10. The fourth-order valence-electron chi connectivity index (χ4n) is 1.02. The first-order chi connectivity index (χ1) is 6.38. The zero-order chi connectivity index (χ0) is 9.52. The van der Waals surface area contributed by atoms with Crippen LogP contribution in [-0.2, 0) is 6.42 Å². The van der Waals surface area contributed by atoms with Crippen molar-refractivity contribution in [3.63, 3.8) is 0 Å². The van der Waals surface area contributed by atoms with Crippen LogP contribution in [0.15, 0.2) is 24.3 Å². The topological polar surface area (TPSA) is 44.0 Å². The first-order valence-corrected chi connectivity index (χ1v) is 3.93. The third-order valence-corrected chi connectivity index (χ3v) is 1.59. The molecule has 0 aliphatic heterocycles. The highest BCUT2D eigenvalue weighted by Gasteiger charge is 1.96. The zero-order valence-electron chi connectivity index (χ0n) is 7.12. The molecule has 0 unspecified atom stereocenters. The molecular formula is C11H9NO. The molecule has 0 saturated heterocycles. The van der Waals surface area contributed by atoms with E-state index in [1.165, 1.54) is 0 Å². The molecule has 64 valence electrons. The van der Waals surface area contributed by atoms with E-state index in [4.69, 9.17) is 10.4 Å². The Labute approximate surface area is 77.4 Å². The zero-order valence-corrected chi connectivity index (χ0v) is 7.12. The number of hydrogen-bond donors (Lipinski definition) is 1. The fourth-order valence-corrected chi connectivity index (χ4v) is 1.02. The van der Waals surface area contributed by atoms with E-state index in [1.807, 2.05) is 24.3 Å². The van der Waals surface area contributed by atoms with Gasteiger partial charge in [-0.1, -0.05) is 30.0 Å². The first kappa shape index (κ1) is 9.32. The molecule has 13 heavy (non-hydrogen) atoms. The molecule has 0 spiro atoms. The van der Waals surface area contributed by atoms with Gasteiger partial charge in [-0.25, -0.2) is 0 Å². The third-order valence-electron chi connectivity index (χ3n) is 1.59. The monoisotopic (exact) mass is 171 g/mol. The third kappa shape index (κ3) is 2.63. The largest absolute Gasteiger partial charge is 0.384 e. The maximum Gasteiger partial charge on any atom is 0.104 e. The van der Waals surface area contributed by atoms with Gasteiger partial charge in [-0.3, -0.25) is 0 Å². The Kier molecular flexibility index (Phi) is 3.57. The van der Waals surface area contributed by atoms with Crippen LogP contribution >= 0.6 is 0 Å². The molecule has 0 amide bonds. The number of nitrogens with zero attached hydrogens (tertiary/aromatic N) is 1. The van der Waals surface area contributed by atoms with Crippen LogP contribution in [-0.4, -0.2) is 11.7 Å². The molecule has 0 bridgehead atoms. The lowest BCUT2D eigenvalue weighted by molar-refractivity contribution is 0.350. The minimum absolute atomic E-state index is 0.152. The lowest BCUT2D eigenvalue weighted by Crippen LogP contribution is -1.87. The van der Waals surface area contributed by atoms with Gasteiger partial charge < -0.3 is 5.11 Å². The van der Waals surface area contributed by atoms with Gasteiger partial charge in [0.15, 0.2) is 0 Å². The Bertz CT molecular complexity index is 379. The number of nitriles is 1. The standard InChI is InChI=1S/C11H9NO/c12-8-7-11-5-2-1-4-10(11)6-3-9-13/h1-2,4-5,13H,7,9H2. The van der Waals surface area contributed by atoms with E-state index >= 15 is 0 Å². The summed E-state index contributed by atoms with van der Waals surface area (Å²) in [6.07, 6.45) is 0.357. The van der Waals surface area contributed by atoms with Crippen LogP contribution in [0.25, 0.3) is 0 Å². The molecule has 1 aromatic carbocycles. The second kappa shape index (κ2) is 4.98. The van der Waals surface area contributed by atoms with E-state index in [2.05, 4.69) is 17.9 Å². The van der Waals surface area contributed by atoms with Crippen molar-refractivity contribution >= 4 is 0 Å². The lowest BCUT2D eigenvalue weighted by Gasteiger charge is -1.97. The molecule has 0 aromatic heterocycles. The van der Waals surface area contributed by atoms with E-state index < -0.39 is 0 Å². The molecule has 0 saturated carbocycles. The summed E-state index contributed by atoms with van der Waals surface area (Å²) in [5.74, 6) is 5.36. The van der Waals surface area contributed by atoms with Crippen molar-refractivity contribution in [1.29, 1.82) is 5.26 Å². The summed E-state index contributed by atoms with van der Waals surface area (Å²) >= 11 is 0. The molecule has 0 radical (unpaired) electrons. The average molecular weight is 171 g/mol. The molecule has 0 atom stereocenters.